The van der Waals surface area contributed by atoms with Crippen LogP contribution in [0.2, 0.25) is 0 Å². The predicted octanol–water partition coefficient (Wildman–Crippen LogP) is 4.99. The number of aromatic nitrogens is 4. The number of carbonyl (C=O) groups is 1. The highest BCUT2D eigenvalue weighted by atomic mass is 16.2. The summed E-state index contributed by atoms with van der Waals surface area (Å²) < 4.78 is 1.90. The zero-order valence-electron chi connectivity index (χ0n) is 20.7. The van der Waals surface area contributed by atoms with Crippen molar-refractivity contribution in [2.45, 2.75) is 39.5 Å². The summed E-state index contributed by atoms with van der Waals surface area (Å²) >= 11 is 0. The van der Waals surface area contributed by atoms with Crippen LogP contribution in [0.3, 0.4) is 0 Å². The second-order valence-corrected chi connectivity index (χ2v) is 9.32. The molecular weight excluding hydrogens is 436 g/mol. The third-order valence-electron chi connectivity index (χ3n) is 6.83. The van der Waals surface area contributed by atoms with Gasteiger partial charge in [0.25, 0.3) is 5.91 Å². The van der Waals surface area contributed by atoms with Crippen LogP contribution in [0.1, 0.15) is 54.4 Å². The molecule has 0 bridgehead atoms. The first-order chi connectivity index (χ1) is 17.1. The van der Waals surface area contributed by atoms with E-state index in [9.17, 15) is 4.79 Å². The average molecular weight is 469 g/mol. The Morgan fingerprint density at radius 3 is 2.40 bits per heavy atom. The van der Waals surface area contributed by atoms with Gasteiger partial charge in [0.2, 0.25) is 0 Å². The molecule has 1 fully saturated rings. The Hall–Kier alpha value is -3.74. The number of anilines is 1. The van der Waals surface area contributed by atoms with Gasteiger partial charge < -0.3 is 9.80 Å². The Bertz CT molecular complexity index is 1320. The zero-order valence-corrected chi connectivity index (χ0v) is 20.7. The van der Waals surface area contributed by atoms with Gasteiger partial charge in [-0.3, -0.25) is 4.79 Å². The van der Waals surface area contributed by atoms with Gasteiger partial charge in [0.1, 0.15) is 11.6 Å². The molecule has 1 aliphatic rings. The summed E-state index contributed by atoms with van der Waals surface area (Å²) in [6, 6.07) is 17.9. The molecule has 35 heavy (non-hydrogen) atoms. The summed E-state index contributed by atoms with van der Waals surface area (Å²) in [7, 11) is 0. The van der Waals surface area contributed by atoms with E-state index in [0.717, 1.165) is 65.4 Å². The molecule has 1 aliphatic heterocycles. The lowest BCUT2D eigenvalue weighted by molar-refractivity contribution is 0.0746. The molecule has 7 nitrogen and oxygen atoms in total. The summed E-state index contributed by atoms with van der Waals surface area (Å²) in [5.41, 5.74) is 3.61. The highest BCUT2D eigenvalue weighted by molar-refractivity contribution is 5.96. The molecule has 5 rings (SSSR count). The molecular formula is C28H32N6O. The van der Waals surface area contributed by atoms with Crippen LogP contribution in [0.4, 0.5) is 5.82 Å². The summed E-state index contributed by atoms with van der Waals surface area (Å²) in [6.07, 6.45) is 3.98. The van der Waals surface area contributed by atoms with Crippen LogP contribution in [0.5, 0.6) is 0 Å². The number of benzene rings is 2. The molecule has 3 heterocycles. The van der Waals surface area contributed by atoms with Gasteiger partial charge in [-0.15, -0.1) is 0 Å². The van der Waals surface area contributed by atoms with Gasteiger partial charge in [0.05, 0.1) is 17.3 Å². The predicted molar refractivity (Wildman–Crippen MR) is 139 cm³/mol. The normalized spacial score (nSPS) is 14.9. The van der Waals surface area contributed by atoms with Crippen LogP contribution in [-0.2, 0) is 0 Å². The van der Waals surface area contributed by atoms with E-state index in [2.05, 4.69) is 23.8 Å². The van der Waals surface area contributed by atoms with Gasteiger partial charge in [0.15, 0.2) is 5.65 Å². The van der Waals surface area contributed by atoms with Crippen LogP contribution in [0.25, 0.3) is 16.7 Å². The largest absolute Gasteiger partial charge is 0.352 e. The Labute approximate surface area is 206 Å². The smallest absolute Gasteiger partial charge is 0.254 e. The van der Waals surface area contributed by atoms with E-state index in [0.29, 0.717) is 13.1 Å². The van der Waals surface area contributed by atoms with Crippen molar-refractivity contribution in [2.75, 3.05) is 31.1 Å². The molecule has 180 valence electrons. The lowest BCUT2D eigenvalue weighted by Gasteiger charge is -2.36. The van der Waals surface area contributed by atoms with Crippen LogP contribution in [-0.4, -0.2) is 56.7 Å². The van der Waals surface area contributed by atoms with Crippen molar-refractivity contribution >= 4 is 22.8 Å². The van der Waals surface area contributed by atoms with Gasteiger partial charge in [-0.05, 0) is 37.1 Å². The molecule has 0 aliphatic carbocycles. The Balaban J connectivity index is 1.46. The van der Waals surface area contributed by atoms with Crippen molar-refractivity contribution in [2.24, 2.45) is 0 Å². The standard InChI is InChI=1S/C28H32N6O/c1-4-10-21(3)25-30-26(24-19-29-34(27(24)31-25)22-12-6-5-7-13-22)32-15-17-33(18-16-32)28(35)23-14-9-8-11-20(23)2/h5-9,11-14,19,21H,4,10,15-18H2,1-3H3. The summed E-state index contributed by atoms with van der Waals surface area (Å²) in [4.78, 5) is 27.4. The lowest BCUT2D eigenvalue weighted by Crippen LogP contribution is -2.49. The van der Waals surface area contributed by atoms with Crippen molar-refractivity contribution in [1.82, 2.24) is 24.6 Å². The fourth-order valence-electron chi connectivity index (χ4n) is 4.80. The van der Waals surface area contributed by atoms with E-state index in [1.165, 1.54) is 0 Å². The Kier molecular flexibility index (Phi) is 6.49. The first-order valence-electron chi connectivity index (χ1n) is 12.5. The van der Waals surface area contributed by atoms with E-state index in [-0.39, 0.29) is 11.8 Å². The third kappa shape index (κ3) is 4.50. The number of rotatable bonds is 6. The number of fused-ring (bicyclic) bond motifs is 1. The molecule has 4 aromatic rings. The molecule has 1 unspecified atom stereocenters. The minimum atomic E-state index is 0.102. The number of aryl methyl sites for hydroxylation is 1. The van der Waals surface area contributed by atoms with Gasteiger partial charge in [0, 0.05) is 37.7 Å². The molecule has 1 atom stereocenters. The van der Waals surface area contributed by atoms with Gasteiger partial charge in [-0.2, -0.15) is 5.10 Å². The van der Waals surface area contributed by atoms with Crippen LogP contribution in [0.15, 0.2) is 60.8 Å². The Morgan fingerprint density at radius 2 is 1.69 bits per heavy atom. The van der Waals surface area contributed by atoms with Crippen LogP contribution >= 0.6 is 0 Å². The number of para-hydroxylation sites is 1. The average Bonchev–Trinajstić information content (AvgIpc) is 3.33. The SMILES string of the molecule is CCCC(C)c1nc(N2CCN(C(=O)c3ccccc3C)CC2)c2cnn(-c3ccccc3)c2n1. The van der Waals surface area contributed by atoms with Crippen molar-refractivity contribution in [1.29, 1.82) is 0 Å². The number of hydrogen-bond acceptors (Lipinski definition) is 5. The second kappa shape index (κ2) is 9.86. The zero-order chi connectivity index (χ0) is 24.4. The van der Waals surface area contributed by atoms with E-state index in [1.807, 2.05) is 77.3 Å². The molecule has 0 radical (unpaired) electrons. The van der Waals surface area contributed by atoms with Crippen molar-refractivity contribution in [3.8, 4) is 5.69 Å². The number of amides is 1. The number of piperazine rings is 1. The van der Waals surface area contributed by atoms with Crippen molar-refractivity contribution < 1.29 is 4.79 Å². The number of carbonyl (C=O) groups excluding carboxylic acids is 1. The first-order valence-corrected chi connectivity index (χ1v) is 12.5. The molecule has 7 heteroatoms. The maximum Gasteiger partial charge on any atom is 0.254 e. The van der Waals surface area contributed by atoms with E-state index in [1.54, 1.807) is 0 Å². The van der Waals surface area contributed by atoms with Crippen LogP contribution < -0.4 is 4.90 Å². The molecule has 0 N–H and O–H groups in total. The quantitative estimate of drug-likeness (QED) is 0.399. The van der Waals surface area contributed by atoms with Gasteiger partial charge in [-0.1, -0.05) is 56.7 Å². The summed E-state index contributed by atoms with van der Waals surface area (Å²) in [5.74, 6) is 2.12. The minimum absolute atomic E-state index is 0.102. The minimum Gasteiger partial charge on any atom is -0.352 e. The molecule has 0 saturated carbocycles. The molecule has 1 amide bonds. The highest BCUT2D eigenvalue weighted by Crippen LogP contribution is 2.30. The fraction of sp³-hybridized carbons (Fsp3) is 0.357. The van der Waals surface area contributed by atoms with E-state index >= 15 is 0 Å². The monoisotopic (exact) mass is 468 g/mol. The van der Waals surface area contributed by atoms with Crippen LogP contribution in [0, 0.1) is 6.92 Å². The summed E-state index contributed by atoms with van der Waals surface area (Å²) in [6.45, 7) is 9.14. The third-order valence-corrected chi connectivity index (χ3v) is 6.83. The number of hydrogen-bond donors (Lipinski definition) is 0. The van der Waals surface area contributed by atoms with Gasteiger partial charge in [-0.25, -0.2) is 14.6 Å². The van der Waals surface area contributed by atoms with Gasteiger partial charge >= 0.3 is 0 Å². The topological polar surface area (TPSA) is 67.2 Å². The van der Waals surface area contributed by atoms with Crippen molar-refractivity contribution in [3.63, 3.8) is 0 Å². The maximum atomic E-state index is 13.1. The first kappa shape index (κ1) is 23.0. The molecule has 2 aromatic heterocycles. The van der Waals surface area contributed by atoms with E-state index in [4.69, 9.17) is 9.97 Å². The molecule has 1 saturated heterocycles. The lowest BCUT2D eigenvalue weighted by atomic mass is 10.1. The van der Waals surface area contributed by atoms with Crippen molar-refractivity contribution in [3.05, 3.63) is 77.7 Å². The maximum absolute atomic E-state index is 13.1. The fourth-order valence-corrected chi connectivity index (χ4v) is 4.80. The second-order valence-electron chi connectivity index (χ2n) is 9.32. The summed E-state index contributed by atoms with van der Waals surface area (Å²) in [5, 5.41) is 5.63. The molecule has 2 aromatic carbocycles. The Morgan fingerprint density at radius 1 is 0.971 bits per heavy atom. The van der Waals surface area contributed by atoms with E-state index < -0.39 is 0 Å². The highest BCUT2D eigenvalue weighted by Gasteiger charge is 2.27. The number of nitrogens with zero attached hydrogens (tertiary/aromatic N) is 6. The molecule has 0 spiro atoms.